The summed E-state index contributed by atoms with van der Waals surface area (Å²) in [6, 6.07) is 16.2. The number of rotatable bonds is 2. The fraction of sp³-hybridized carbons (Fsp3) is 0.333. The zero-order valence-corrected chi connectivity index (χ0v) is 14.4. The summed E-state index contributed by atoms with van der Waals surface area (Å²) in [7, 11) is 0. The van der Waals surface area contributed by atoms with Gasteiger partial charge in [0.2, 0.25) is 11.8 Å². The summed E-state index contributed by atoms with van der Waals surface area (Å²) in [5.74, 6) is -0.0869. The van der Waals surface area contributed by atoms with Gasteiger partial charge in [-0.15, -0.1) is 0 Å². The van der Waals surface area contributed by atoms with Crippen molar-refractivity contribution in [2.45, 2.75) is 26.3 Å². The van der Waals surface area contributed by atoms with E-state index in [0.29, 0.717) is 19.5 Å². The molecule has 0 radical (unpaired) electrons. The minimum atomic E-state index is -0.237. The summed E-state index contributed by atoms with van der Waals surface area (Å²) >= 11 is 0. The van der Waals surface area contributed by atoms with Gasteiger partial charge in [-0.05, 0) is 36.6 Å². The minimum Gasteiger partial charge on any atom is -0.338 e. The third kappa shape index (κ3) is 3.04. The lowest BCUT2D eigenvalue weighted by Gasteiger charge is -2.30. The Morgan fingerprint density at radius 1 is 1.04 bits per heavy atom. The molecule has 1 fully saturated rings. The van der Waals surface area contributed by atoms with Crippen LogP contribution in [0.2, 0.25) is 0 Å². The summed E-state index contributed by atoms with van der Waals surface area (Å²) in [5, 5.41) is 0. The molecule has 0 unspecified atom stereocenters. The number of carbonyl (C=O) groups is 2. The Labute approximate surface area is 148 Å². The molecule has 0 spiro atoms. The molecule has 0 bridgehead atoms. The van der Waals surface area contributed by atoms with Crippen LogP contribution >= 0.6 is 0 Å². The Hall–Kier alpha value is -2.62. The maximum absolute atomic E-state index is 12.9. The number of hydrogen-bond acceptors (Lipinski definition) is 2. The van der Waals surface area contributed by atoms with Gasteiger partial charge in [-0.25, -0.2) is 0 Å². The second kappa shape index (κ2) is 6.36. The van der Waals surface area contributed by atoms with Crippen LogP contribution in [0.15, 0.2) is 48.5 Å². The number of carbonyl (C=O) groups excluding carboxylic acids is 2. The number of amides is 2. The highest BCUT2D eigenvalue weighted by Crippen LogP contribution is 2.28. The van der Waals surface area contributed by atoms with E-state index < -0.39 is 0 Å². The van der Waals surface area contributed by atoms with Gasteiger partial charge in [0.25, 0.3) is 0 Å². The van der Waals surface area contributed by atoms with E-state index in [1.54, 1.807) is 4.90 Å². The van der Waals surface area contributed by atoms with Crippen molar-refractivity contribution >= 4 is 17.5 Å². The zero-order valence-electron chi connectivity index (χ0n) is 14.4. The molecule has 0 N–H and O–H groups in total. The van der Waals surface area contributed by atoms with Crippen LogP contribution in [0, 0.1) is 12.8 Å². The molecule has 4 rings (SSSR count). The number of nitrogens with zero attached hydrogens (tertiary/aromatic N) is 2. The van der Waals surface area contributed by atoms with Crippen molar-refractivity contribution in [2.24, 2.45) is 5.92 Å². The van der Waals surface area contributed by atoms with Crippen LogP contribution in [0.25, 0.3) is 0 Å². The van der Waals surface area contributed by atoms with E-state index in [0.717, 1.165) is 24.2 Å². The van der Waals surface area contributed by atoms with Crippen molar-refractivity contribution < 1.29 is 9.59 Å². The summed E-state index contributed by atoms with van der Waals surface area (Å²) in [4.78, 5) is 29.0. The number of benzene rings is 2. The summed E-state index contributed by atoms with van der Waals surface area (Å²) in [5.41, 5.74) is 4.60. The highest BCUT2D eigenvalue weighted by Gasteiger charge is 2.37. The average molecular weight is 334 g/mol. The van der Waals surface area contributed by atoms with Gasteiger partial charge in [0.1, 0.15) is 0 Å². The van der Waals surface area contributed by atoms with Crippen molar-refractivity contribution in [3.63, 3.8) is 0 Å². The van der Waals surface area contributed by atoms with Crippen LogP contribution in [0.4, 0.5) is 5.69 Å². The fourth-order valence-corrected chi connectivity index (χ4v) is 3.79. The third-order valence-corrected chi connectivity index (χ3v) is 5.26. The molecule has 2 aromatic carbocycles. The lowest BCUT2D eigenvalue weighted by Crippen LogP contribution is -2.40. The van der Waals surface area contributed by atoms with E-state index in [9.17, 15) is 9.59 Å². The van der Waals surface area contributed by atoms with Crippen LogP contribution in [0.1, 0.15) is 23.1 Å². The van der Waals surface area contributed by atoms with Gasteiger partial charge in [0, 0.05) is 31.7 Å². The monoisotopic (exact) mass is 334 g/mol. The Morgan fingerprint density at radius 2 is 1.76 bits per heavy atom. The first-order chi connectivity index (χ1) is 12.1. The van der Waals surface area contributed by atoms with Crippen LogP contribution in [-0.2, 0) is 22.6 Å². The number of anilines is 1. The van der Waals surface area contributed by atoms with Crippen LogP contribution in [0.3, 0.4) is 0 Å². The van der Waals surface area contributed by atoms with Crippen molar-refractivity contribution in [3.8, 4) is 0 Å². The normalized spacial score (nSPS) is 19.9. The van der Waals surface area contributed by atoms with Crippen molar-refractivity contribution in [3.05, 3.63) is 65.2 Å². The molecule has 2 amide bonds. The van der Waals surface area contributed by atoms with Gasteiger partial charge < -0.3 is 9.80 Å². The van der Waals surface area contributed by atoms with Gasteiger partial charge >= 0.3 is 0 Å². The molecular weight excluding hydrogens is 312 g/mol. The van der Waals surface area contributed by atoms with E-state index in [1.807, 2.05) is 48.2 Å². The summed E-state index contributed by atoms with van der Waals surface area (Å²) in [6.45, 7) is 3.91. The average Bonchev–Trinajstić information content (AvgIpc) is 3.03. The maximum Gasteiger partial charge on any atom is 0.228 e. The topological polar surface area (TPSA) is 40.6 Å². The summed E-state index contributed by atoms with van der Waals surface area (Å²) in [6.07, 6.45) is 1.20. The minimum absolute atomic E-state index is 0.0413. The fourth-order valence-electron chi connectivity index (χ4n) is 3.79. The highest BCUT2D eigenvalue weighted by atomic mass is 16.2. The van der Waals surface area contributed by atoms with Crippen molar-refractivity contribution in [1.82, 2.24) is 4.90 Å². The Bertz CT molecular complexity index is 813. The smallest absolute Gasteiger partial charge is 0.228 e. The van der Waals surface area contributed by atoms with E-state index in [1.165, 1.54) is 11.1 Å². The molecule has 0 aromatic heterocycles. The van der Waals surface area contributed by atoms with E-state index in [-0.39, 0.29) is 17.7 Å². The first kappa shape index (κ1) is 15.9. The third-order valence-electron chi connectivity index (χ3n) is 5.26. The van der Waals surface area contributed by atoms with Gasteiger partial charge in [0.15, 0.2) is 0 Å². The molecule has 128 valence electrons. The Morgan fingerprint density at radius 3 is 2.52 bits per heavy atom. The number of fused-ring (bicyclic) bond motifs is 1. The summed E-state index contributed by atoms with van der Waals surface area (Å²) < 4.78 is 0. The maximum atomic E-state index is 12.9. The van der Waals surface area contributed by atoms with E-state index >= 15 is 0 Å². The van der Waals surface area contributed by atoms with Crippen LogP contribution < -0.4 is 4.90 Å². The Kier molecular flexibility index (Phi) is 4.04. The van der Waals surface area contributed by atoms with Crippen molar-refractivity contribution in [2.75, 3.05) is 18.0 Å². The second-order valence-corrected chi connectivity index (χ2v) is 7.02. The van der Waals surface area contributed by atoms with Crippen LogP contribution in [0.5, 0.6) is 0 Å². The number of hydrogen-bond donors (Lipinski definition) is 0. The van der Waals surface area contributed by atoms with Crippen molar-refractivity contribution in [1.29, 1.82) is 0 Å². The molecule has 1 saturated heterocycles. The molecule has 2 aromatic rings. The lowest BCUT2D eigenvalue weighted by atomic mass is 9.98. The molecule has 4 nitrogen and oxygen atoms in total. The molecule has 1 atom stereocenters. The van der Waals surface area contributed by atoms with E-state index in [2.05, 4.69) is 12.1 Å². The molecule has 0 aliphatic carbocycles. The molecule has 2 aliphatic heterocycles. The lowest BCUT2D eigenvalue weighted by molar-refractivity contribution is -0.136. The molecule has 0 saturated carbocycles. The molecule has 4 heteroatoms. The predicted octanol–water partition coefficient (Wildman–Crippen LogP) is 2.93. The molecule has 2 aliphatic rings. The van der Waals surface area contributed by atoms with Crippen LogP contribution in [-0.4, -0.2) is 29.8 Å². The van der Waals surface area contributed by atoms with Gasteiger partial charge in [0.05, 0.1) is 5.92 Å². The van der Waals surface area contributed by atoms with Gasteiger partial charge in [-0.1, -0.05) is 42.0 Å². The first-order valence-electron chi connectivity index (χ1n) is 8.84. The second-order valence-electron chi connectivity index (χ2n) is 7.02. The SMILES string of the molecule is Cc1ccc(N2C[C@H](C(=O)N3CCc4ccccc4C3)CC2=O)cc1. The Balaban J connectivity index is 1.47. The standard InChI is InChI=1S/C21H22N2O2/c1-15-6-8-19(9-7-15)23-14-18(12-20(23)24)21(25)22-11-10-16-4-2-3-5-17(16)13-22/h2-9,18H,10-14H2,1H3/t18-/m1/s1. The van der Waals surface area contributed by atoms with Gasteiger partial charge in [-0.2, -0.15) is 0 Å². The molecule has 25 heavy (non-hydrogen) atoms. The molecular formula is C21H22N2O2. The first-order valence-corrected chi connectivity index (χ1v) is 8.84. The number of aryl methyl sites for hydroxylation is 1. The quantitative estimate of drug-likeness (QED) is 0.847. The van der Waals surface area contributed by atoms with Gasteiger partial charge in [-0.3, -0.25) is 9.59 Å². The van der Waals surface area contributed by atoms with E-state index in [4.69, 9.17) is 0 Å². The highest BCUT2D eigenvalue weighted by molar-refractivity contribution is 6.00. The predicted molar refractivity (Wildman–Crippen MR) is 97.2 cm³/mol. The zero-order chi connectivity index (χ0) is 17.4. The molecule has 2 heterocycles. The largest absolute Gasteiger partial charge is 0.338 e.